The summed E-state index contributed by atoms with van der Waals surface area (Å²) in [5.74, 6) is -1.34. The summed E-state index contributed by atoms with van der Waals surface area (Å²) in [6, 6.07) is 8.09. The maximum absolute atomic E-state index is 11.8. The van der Waals surface area contributed by atoms with Gasteiger partial charge in [0.25, 0.3) is 0 Å². The zero-order valence-electron chi connectivity index (χ0n) is 11.8. The van der Waals surface area contributed by atoms with Crippen molar-refractivity contribution in [3.63, 3.8) is 0 Å². The molecule has 1 amide bonds. The van der Waals surface area contributed by atoms with Crippen molar-refractivity contribution in [1.29, 1.82) is 0 Å². The van der Waals surface area contributed by atoms with Crippen LogP contribution >= 0.6 is 0 Å². The van der Waals surface area contributed by atoms with Gasteiger partial charge in [0.1, 0.15) is 6.04 Å². The van der Waals surface area contributed by atoms with Gasteiger partial charge in [-0.3, -0.25) is 9.59 Å². The molecule has 0 bridgehead atoms. The van der Waals surface area contributed by atoms with Gasteiger partial charge in [0.05, 0.1) is 6.42 Å². The average molecular weight is 279 g/mol. The Morgan fingerprint density at radius 2 is 1.90 bits per heavy atom. The van der Waals surface area contributed by atoms with Crippen LogP contribution in [0.15, 0.2) is 30.3 Å². The lowest BCUT2D eigenvalue weighted by atomic mass is 10.2. The van der Waals surface area contributed by atoms with Crippen LogP contribution in [0.3, 0.4) is 0 Å². The fraction of sp³-hybridized carbons (Fsp3) is 0.429. The molecule has 6 heteroatoms. The van der Waals surface area contributed by atoms with Crippen LogP contribution in [0.25, 0.3) is 0 Å². The minimum Gasteiger partial charge on any atom is -0.480 e. The fourth-order valence-electron chi connectivity index (χ4n) is 1.63. The first-order valence-corrected chi connectivity index (χ1v) is 6.45. The van der Waals surface area contributed by atoms with E-state index in [2.05, 4.69) is 10.6 Å². The maximum Gasteiger partial charge on any atom is 0.321 e. The number of hydrogen-bond acceptors (Lipinski definition) is 4. The standard InChI is InChI=1S/C14H21N3O3/c1-17(2)9-8-15-12(14(19)20)10-13(18)16-11-6-4-3-5-7-11/h3-7,12,15H,8-10H2,1-2H3,(H,16,18)(H,19,20)/t12-/m1/s1. The number of aliphatic carboxylic acids is 1. The van der Waals surface area contributed by atoms with Crippen molar-refractivity contribution in [2.24, 2.45) is 0 Å². The Morgan fingerprint density at radius 1 is 1.25 bits per heavy atom. The highest BCUT2D eigenvalue weighted by molar-refractivity contribution is 5.93. The van der Waals surface area contributed by atoms with Crippen molar-refractivity contribution in [3.05, 3.63) is 30.3 Å². The van der Waals surface area contributed by atoms with E-state index in [1.54, 1.807) is 24.3 Å². The summed E-state index contributed by atoms with van der Waals surface area (Å²) in [5, 5.41) is 14.6. The van der Waals surface area contributed by atoms with Gasteiger partial charge in [-0.1, -0.05) is 18.2 Å². The smallest absolute Gasteiger partial charge is 0.321 e. The molecule has 0 spiro atoms. The highest BCUT2D eigenvalue weighted by Gasteiger charge is 2.20. The van der Waals surface area contributed by atoms with Gasteiger partial charge in [-0.15, -0.1) is 0 Å². The van der Waals surface area contributed by atoms with E-state index in [0.717, 1.165) is 0 Å². The third-order valence-corrected chi connectivity index (χ3v) is 2.69. The Bertz CT molecular complexity index is 435. The summed E-state index contributed by atoms with van der Waals surface area (Å²) in [6.07, 6.45) is -0.0995. The van der Waals surface area contributed by atoms with E-state index >= 15 is 0 Å². The van der Waals surface area contributed by atoms with Crippen LogP contribution in [0, 0.1) is 0 Å². The highest BCUT2D eigenvalue weighted by Crippen LogP contribution is 2.06. The van der Waals surface area contributed by atoms with Crippen LogP contribution in [-0.2, 0) is 9.59 Å². The monoisotopic (exact) mass is 279 g/mol. The molecule has 1 aromatic rings. The van der Waals surface area contributed by atoms with E-state index in [0.29, 0.717) is 18.8 Å². The van der Waals surface area contributed by atoms with Crippen LogP contribution in [0.4, 0.5) is 5.69 Å². The van der Waals surface area contributed by atoms with Crippen LogP contribution in [0.1, 0.15) is 6.42 Å². The van der Waals surface area contributed by atoms with Crippen molar-refractivity contribution >= 4 is 17.6 Å². The lowest BCUT2D eigenvalue weighted by molar-refractivity contribution is -0.141. The van der Waals surface area contributed by atoms with Crippen molar-refractivity contribution in [2.75, 3.05) is 32.5 Å². The van der Waals surface area contributed by atoms with Crippen molar-refractivity contribution in [3.8, 4) is 0 Å². The number of carboxylic acids is 1. The largest absolute Gasteiger partial charge is 0.480 e. The van der Waals surface area contributed by atoms with Gasteiger partial charge >= 0.3 is 5.97 Å². The Hall–Kier alpha value is -1.92. The third kappa shape index (κ3) is 6.31. The Balaban J connectivity index is 2.44. The molecule has 0 radical (unpaired) electrons. The van der Waals surface area contributed by atoms with E-state index in [4.69, 9.17) is 5.11 Å². The van der Waals surface area contributed by atoms with Gasteiger partial charge in [-0.05, 0) is 26.2 Å². The quantitative estimate of drug-likeness (QED) is 0.650. The van der Waals surface area contributed by atoms with Gasteiger partial charge in [-0.2, -0.15) is 0 Å². The van der Waals surface area contributed by atoms with Crippen LogP contribution in [0.2, 0.25) is 0 Å². The molecule has 6 nitrogen and oxygen atoms in total. The molecule has 0 heterocycles. The maximum atomic E-state index is 11.8. The summed E-state index contributed by atoms with van der Waals surface area (Å²) in [4.78, 5) is 24.8. The van der Waals surface area contributed by atoms with Crippen LogP contribution in [0.5, 0.6) is 0 Å². The predicted octanol–water partition coefficient (Wildman–Crippen LogP) is 0.620. The second-order valence-corrected chi connectivity index (χ2v) is 4.77. The van der Waals surface area contributed by atoms with Gasteiger partial charge in [0.15, 0.2) is 0 Å². The number of nitrogens with zero attached hydrogens (tertiary/aromatic N) is 1. The number of rotatable bonds is 8. The van der Waals surface area contributed by atoms with Crippen molar-refractivity contribution in [2.45, 2.75) is 12.5 Å². The zero-order valence-corrected chi connectivity index (χ0v) is 11.8. The first-order chi connectivity index (χ1) is 9.49. The lowest BCUT2D eigenvalue weighted by Crippen LogP contribution is -2.42. The van der Waals surface area contributed by atoms with Gasteiger partial charge in [0.2, 0.25) is 5.91 Å². The molecule has 0 fully saturated rings. The highest BCUT2D eigenvalue weighted by atomic mass is 16.4. The Kier molecular flexibility index (Phi) is 6.69. The number of anilines is 1. The van der Waals surface area contributed by atoms with E-state index in [1.807, 2.05) is 25.1 Å². The number of benzene rings is 1. The molecule has 0 aliphatic carbocycles. The summed E-state index contributed by atoms with van der Waals surface area (Å²) in [6.45, 7) is 1.23. The molecular weight excluding hydrogens is 258 g/mol. The molecular formula is C14H21N3O3. The average Bonchev–Trinajstić information content (AvgIpc) is 2.38. The number of para-hydroxylation sites is 1. The SMILES string of the molecule is CN(C)CCN[C@H](CC(=O)Nc1ccccc1)C(=O)O. The molecule has 0 aromatic heterocycles. The van der Waals surface area contributed by atoms with Gasteiger partial charge < -0.3 is 20.6 Å². The van der Waals surface area contributed by atoms with Gasteiger partial charge in [0, 0.05) is 18.8 Å². The number of carbonyl (C=O) groups excluding carboxylic acids is 1. The van der Waals surface area contributed by atoms with Gasteiger partial charge in [-0.25, -0.2) is 0 Å². The predicted molar refractivity (Wildman–Crippen MR) is 77.7 cm³/mol. The molecule has 1 atom stereocenters. The second-order valence-electron chi connectivity index (χ2n) is 4.77. The summed E-state index contributed by atoms with van der Waals surface area (Å²) < 4.78 is 0. The van der Waals surface area contributed by atoms with Crippen molar-refractivity contribution < 1.29 is 14.7 Å². The summed E-state index contributed by atoms with van der Waals surface area (Å²) >= 11 is 0. The number of nitrogens with one attached hydrogen (secondary N) is 2. The molecule has 0 saturated heterocycles. The molecule has 110 valence electrons. The number of amides is 1. The van der Waals surface area contributed by atoms with E-state index in [1.165, 1.54) is 0 Å². The zero-order chi connectivity index (χ0) is 15.0. The van der Waals surface area contributed by atoms with E-state index < -0.39 is 12.0 Å². The molecule has 1 aromatic carbocycles. The molecule has 0 saturated carbocycles. The fourth-order valence-corrected chi connectivity index (χ4v) is 1.63. The molecule has 3 N–H and O–H groups in total. The van der Waals surface area contributed by atoms with Crippen molar-refractivity contribution in [1.82, 2.24) is 10.2 Å². The number of carbonyl (C=O) groups is 2. The first kappa shape index (κ1) is 16.1. The minimum atomic E-state index is -1.02. The second kappa shape index (κ2) is 8.29. The first-order valence-electron chi connectivity index (χ1n) is 6.45. The molecule has 20 heavy (non-hydrogen) atoms. The molecule has 0 unspecified atom stereocenters. The number of likely N-dealkylation sites (N-methyl/N-ethyl adjacent to an activating group) is 1. The number of hydrogen-bond donors (Lipinski definition) is 3. The van der Waals surface area contributed by atoms with E-state index in [9.17, 15) is 9.59 Å². The normalized spacial score (nSPS) is 12.2. The minimum absolute atomic E-state index is 0.0995. The summed E-state index contributed by atoms with van der Waals surface area (Å²) in [5.41, 5.74) is 0.662. The molecule has 0 aliphatic heterocycles. The van der Waals surface area contributed by atoms with Crippen LogP contribution < -0.4 is 10.6 Å². The van der Waals surface area contributed by atoms with Crippen LogP contribution in [-0.4, -0.2) is 55.1 Å². The lowest BCUT2D eigenvalue weighted by Gasteiger charge is -2.16. The Labute approximate surface area is 118 Å². The van der Waals surface area contributed by atoms with E-state index in [-0.39, 0.29) is 12.3 Å². The number of carboxylic acid groups (broad SMARTS) is 1. The Morgan fingerprint density at radius 3 is 2.45 bits per heavy atom. The molecule has 0 aliphatic rings. The third-order valence-electron chi connectivity index (χ3n) is 2.69. The molecule has 1 rings (SSSR count). The topological polar surface area (TPSA) is 81.7 Å². The summed E-state index contributed by atoms with van der Waals surface area (Å²) in [7, 11) is 3.80.